The Balaban J connectivity index is 1.94. The molecule has 5 nitrogen and oxygen atoms in total. The van der Waals surface area contributed by atoms with Crippen LogP contribution < -0.4 is 14.2 Å². The second kappa shape index (κ2) is 6.83. The minimum absolute atomic E-state index is 0.320. The SMILES string of the molecule is COc1ccc([C@H]2Oc3cc(OC)ccc3C[C@@H]2OC(C)=O)cc1. The van der Waals surface area contributed by atoms with Crippen molar-refractivity contribution in [2.75, 3.05) is 14.2 Å². The highest BCUT2D eigenvalue weighted by atomic mass is 16.6. The number of rotatable bonds is 4. The van der Waals surface area contributed by atoms with E-state index in [2.05, 4.69) is 0 Å². The molecule has 0 bridgehead atoms. The zero-order valence-corrected chi connectivity index (χ0v) is 13.9. The van der Waals surface area contributed by atoms with Crippen LogP contribution in [0.4, 0.5) is 0 Å². The summed E-state index contributed by atoms with van der Waals surface area (Å²) in [5, 5.41) is 0. The smallest absolute Gasteiger partial charge is 0.303 e. The van der Waals surface area contributed by atoms with Crippen molar-refractivity contribution in [3.8, 4) is 17.2 Å². The number of hydrogen-bond donors (Lipinski definition) is 0. The molecule has 126 valence electrons. The molecular weight excluding hydrogens is 308 g/mol. The number of esters is 1. The molecule has 0 saturated carbocycles. The molecule has 2 atom stereocenters. The van der Waals surface area contributed by atoms with E-state index in [0.29, 0.717) is 6.42 Å². The maximum absolute atomic E-state index is 11.5. The molecule has 0 aromatic heterocycles. The van der Waals surface area contributed by atoms with Gasteiger partial charge in [-0.2, -0.15) is 0 Å². The van der Waals surface area contributed by atoms with Crippen molar-refractivity contribution in [2.45, 2.75) is 25.6 Å². The van der Waals surface area contributed by atoms with E-state index in [1.807, 2.05) is 42.5 Å². The monoisotopic (exact) mass is 328 g/mol. The van der Waals surface area contributed by atoms with Gasteiger partial charge in [0.25, 0.3) is 0 Å². The van der Waals surface area contributed by atoms with Crippen LogP contribution in [0.3, 0.4) is 0 Å². The van der Waals surface area contributed by atoms with Crippen LogP contribution in [-0.4, -0.2) is 26.3 Å². The summed E-state index contributed by atoms with van der Waals surface area (Å²) in [6.07, 6.45) is -0.161. The predicted molar refractivity (Wildman–Crippen MR) is 88.6 cm³/mol. The Morgan fingerprint density at radius 1 is 1.04 bits per heavy atom. The number of ether oxygens (including phenoxy) is 4. The number of carbonyl (C=O) groups is 1. The lowest BCUT2D eigenvalue weighted by Gasteiger charge is -2.33. The fourth-order valence-corrected chi connectivity index (χ4v) is 2.87. The van der Waals surface area contributed by atoms with Gasteiger partial charge in [-0.25, -0.2) is 0 Å². The summed E-state index contributed by atoms with van der Waals surface area (Å²) in [6.45, 7) is 1.41. The highest BCUT2D eigenvalue weighted by molar-refractivity contribution is 5.66. The van der Waals surface area contributed by atoms with E-state index in [9.17, 15) is 4.79 Å². The first-order valence-corrected chi connectivity index (χ1v) is 7.75. The average Bonchev–Trinajstić information content (AvgIpc) is 2.60. The highest BCUT2D eigenvalue weighted by Crippen LogP contribution is 2.38. The van der Waals surface area contributed by atoms with E-state index in [1.165, 1.54) is 6.92 Å². The third-order valence-electron chi connectivity index (χ3n) is 4.05. The van der Waals surface area contributed by atoms with E-state index in [1.54, 1.807) is 14.2 Å². The van der Waals surface area contributed by atoms with Crippen molar-refractivity contribution in [3.05, 3.63) is 53.6 Å². The lowest BCUT2D eigenvalue weighted by atomic mass is 9.94. The second-order valence-electron chi connectivity index (χ2n) is 5.64. The number of benzene rings is 2. The molecule has 3 rings (SSSR count). The fourth-order valence-electron chi connectivity index (χ4n) is 2.87. The van der Waals surface area contributed by atoms with E-state index < -0.39 is 0 Å². The Hall–Kier alpha value is -2.69. The van der Waals surface area contributed by atoms with Crippen LogP contribution in [0.5, 0.6) is 17.2 Å². The third kappa shape index (κ3) is 3.30. The summed E-state index contributed by atoms with van der Waals surface area (Å²) in [4.78, 5) is 11.5. The van der Waals surface area contributed by atoms with Gasteiger partial charge in [0.15, 0.2) is 6.10 Å². The van der Waals surface area contributed by atoms with Gasteiger partial charge < -0.3 is 18.9 Å². The normalized spacial score (nSPS) is 19.0. The maximum atomic E-state index is 11.5. The summed E-state index contributed by atoms with van der Waals surface area (Å²) >= 11 is 0. The molecule has 1 aliphatic heterocycles. The Morgan fingerprint density at radius 2 is 1.71 bits per heavy atom. The first-order valence-electron chi connectivity index (χ1n) is 7.75. The molecular formula is C19H20O5. The molecule has 0 radical (unpaired) electrons. The van der Waals surface area contributed by atoms with Gasteiger partial charge in [-0.05, 0) is 29.3 Å². The molecule has 0 aliphatic carbocycles. The van der Waals surface area contributed by atoms with Gasteiger partial charge in [-0.15, -0.1) is 0 Å². The zero-order chi connectivity index (χ0) is 17.1. The van der Waals surface area contributed by atoms with Gasteiger partial charge in [-0.3, -0.25) is 4.79 Å². The van der Waals surface area contributed by atoms with Crippen molar-refractivity contribution in [2.24, 2.45) is 0 Å². The van der Waals surface area contributed by atoms with E-state index >= 15 is 0 Å². The summed E-state index contributed by atoms with van der Waals surface area (Å²) < 4.78 is 22.1. The number of methoxy groups -OCH3 is 2. The van der Waals surface area contributed by atoms with Crippen LogP contribution in [0.15, 0.2) is 42.5 Å². The van der Waals surface area contributed by atoms with Gasteiger partial charge >= 0.3 is 5.97 Å². The number of hydrogen-bond acceptors (Lipinski definition) is 5. The largest absolute Gasteiger partial charge is 0.497 e. The van der Waals surface area contributed by atoms with Gasteiger partial charge in [0.05, 0.1) is 14.2 Å². The van der Waals surface area contributed by atoms with Crippen molar-refractivity contribution in [3.63, 3.8) is 0 Å². The molecule has 5 heteroatoms. The minimum Gasteiger partial charge on any atom is -0.497 e. The van der Waals surface area contributed by atoms with Gasteiger partial charge in [-0.1, -0.05) is 18.2 Å². The van der Waals surface area contributed by atoms with Crippen LogP contribution in [0, 0.1) is 0 Å². The summed E-state index contributed by atoms with van der Waals surface area (Å²) in [7, 11) is 3.24. The maximum Gasteiger partial charge on any atom is 0.303 e. The molecule has 0 saturated heterocycles. The van der Waals surface area contributed by atoms with Crippen LogP contribution in [0.1, 0.15) is 24.2 Å². The van der Waals surface area contributed by atoms with Crippen LogP contribution in [-0.2, 0) is 16.0 Å². The quantitative estimate of drug-likeness (QED) is 0.806. The van der Waals surface area contributed by atoms with Crippen LogP contribution >= 0.6 is 0 Å². The molecule has 0 fully saturated rings. The van der Waals surface area contributed by atoms with Gasteiger partial charge in [0.2, 0.25) is 0 Å². The molecule has 1 heterocycles. The Kier molecular flexibility index (Phi) is 4.60. The average molecular weight is 328 g/mol. The lowest BCUT2D eigenvalue weighted by Crippen LogP contribution is -2.34. The Bertz CT molecular complexity index is 723. The van der Waals surface area contributed by atoms with Gasteiger partial charge in [0, 0.05) is 19.4 Å². The molecule has 1 aliphatic rings. The predicted octanol–water partition coefficient (Wildman–Crippen LogP) is 3.31. The van der Waals surface area contributed by atoms with E-state index in [4.69, 9.17) is 18.9 Å². The first kappa shape index (κ1) is 16.2. The van der Waals surface area contributed by atoms with Crippen molar-refractivity contribution in [1.82, 2.24) is 0 Å². The molecule has 0 amide bonds. The minimum atomic E-state index is -0.378. The summed E-state index contributed by atoms with van der Waals surface area (Å²) in [5.41, 5.74) is 1.92. The highest BCUT2D eigenvalue weighted by Gasteiger charge is 2.34. The fraction of sp³-hybridized carbons (Fsp3) is 0.316. The standard InChI is InChI=1S/C19H20O5/c1-12(20)23-18-10-14-6-9-16(22-3)11-17(14)24-19(18)13-4-7-15(21-2)8-5-13/h4-9,11,18-19H,10H2,1-3H3/t18-,19+/m0/s1. The van der Waals surface area contributed by atoms with Crippen molar-refractivity contribution >= 4 is 5.97 Å². The van der Waals surface area contributed by atoms with E-state index in [-0.39, 0.29) is 18.2 Å². The topological polar surface area (TPSA) is 54.0 Å². The molecule has 0 N–H and O–H groups in total. The number of fused-ring (bicyclic) bond motifs is 1. The van der Waals surface area contributed by atoms with E-state index in [0.717, 1.165) is 28.4 Å². The number of carbonyl (C=O) groups excluding carboxylic acids is 1. The Morgan fingerprint density at radius 3 is 2.33 bits per heavy atom. The zero-order valence-electron chi connectivity index (χ0n) is 13.9. The molecule has 2 aromatic rings. The molecule has 24 heavy (non-hydrogen) atoms. The van der Waals surface area contributed by atoms with Crippen LogP contribution in [0.25, 0.3) is 0 Å². The second-order valence-corrected chi connectivity index (χ2v) is 5.64. The lowest BCUT2D eigenvalue weighted by molar-refractivity contribution is -0.152. The van der Waals surface area contributed by atoms with Crippen molar-refractivity contribution in [1.29, 1.82) is 0 Å². The third-order valence-corrected chi connectivity index (χ3v) is 4.05. The van der Waals surface area contributed by atoms with Crippen molar-refractivity contribution < 1.29 is 23.7 Å². The molecule has 0 unspecified atom stereocenters. The summed E-state index contributed by atoms with van der Waals surface area (Å²) in [6, 6.07) is 13.2. The summed E-state index contributed by atoms with van der Waals surface area (Å²) in [5.74, 6) is 1.92. The van der Waals surface area contributed by atoms with Gasteiger partial charge in [0.1, 0.15) is 23.4 Å². The first-order chi connectivity index (χ1) is 11.6. The van der Waals surface area contributed by atoms with Crippen LogP contribution in [0.2, 0.25) is 0 Å². The molecule has 0 spiro atoms. The molecule has 2 aromatic carbocycles. The Labute approximate surface area is 141 Å².